The van der Waals surface area contributed by atoms with Crippen molar-refractivity contribution in [1.82, 2.24) is 4.57 Å². The Morgan fingerprint density at radius 3 is 2.56 bits per heavy atom. The van der Waals surface area contributed by atoms with Gasteiger partial charge in [0, 0.05) is 24.5 Å². The molecule has 0 unspecified atom stereocenters. The van der Waals surface area contributed by atoms with Gasteiger partial charge in [-0.1, -0.05) is 26.0 Å². The first-order valence-corrected chi connectivity index (χ1v) is 6.45. The van der Waals surface area contributed by atoms with Crippen molar-refractivity contribution in [1.29, 1.82) is 0 Å². The van der Waals surface area contributed by atoms with Crippen LogP contribution in [0, 0.1) is 0 Å². The highest BCUT2D eigenvalue weighted by molar-refractivity contribution is 5.89. The number of carbonyl (C=O) groups excluding carboxylic acids is 1. The summed E-state index contributed by atoms with van der Waals surface area (Å²) in [5.41, 5.74) is 1.13. The van der Waals surface area contributed by atoms with E-state index in [2.05, 4.69) is 24.5 Å². The van der Waals surface area contributed by atoms with Crippen LogP contribution in [0.2, 0.25) is 0 Å². The van der Waals surface area contributed by atoms with Gasteiger partial charge in [-0.25, -0.2) is 0 Å². The van der Waals surface area contributed by atoms with Crippen molar-refractivity contribution in [2.45, 2.75) is 39.7 Å². The number of carbonyl (C=O) groups is 1. The average Bonchev–Trinajstić information content (AvgIpc) is 2.70. The summed E-state index contributed by atoms with van der Waals surface area (Å²) in [6.45, 7) is 5.78. The lowest BCUT2D eigenvalue weighted by molar-refractivity contribution is -0.131. The van der Waals surface area contributed by atoms with E-state index in [-0.39, 0.29) is 5.97 Å². The Kier molecular flexibility index (Phi) is 3.70. The van der Waals surface area contributed by atoms with Crippen molar-refractivity contribution < 1.29 is 9.53 Å². The first-order valence-electron chi connectivity index (χ1n) is 6.45. The van der Waals surface area contributed by atoms with Crippen LogP contribution in [-0.2, 0) is 4.79 Å². The van der Waals surface area contributed by atoms with Crippen LogP contribution < -0.4 is 4.74 Å². The number of aromatic nitrogens is 1. The molecule has 0 aliphatic rings. The van der Waals surface area contributed by atoms with Gasteiger partial charge in [0.15, 0.2) is 5.75 Å². The number of fused-ring (bicyclic) bond motifs is 1. The zero-order valence-corrected chi connectivity index (χ0v) is 11.1. The highest BCUT2D eigenvalue weighted by Crippen LogP contribution is 2.32. The molecule has 3 heteroatoms. The summed E-state index contributed by atoms with van der Waals surface area (Å²) in [5, 5.41) is 1.000. The molecule has 0 saturated carbocycles. The summed E-state index contributed by atoms with van der Waals surface area (Å²) >= 11 is 0. The Morgan fingerprint density at radius 1 is 1.28 bits per heavy atom. The first-order chi connectivity index (χ1) is 8.67. The van der Waals surface area contributed by atoms with Crippen molar-refractivity contribution in [3.8, 4) is 5.75 Å². The van der Waals surface area contributed by atoms with E-state index < -0.39 is 0 Å². The van der Waals surface area contributed by atoms with E-state index in [0.29, 0.717) is 11.8 Å². The highest BCUT2D eigenvalue weighted by atomic mass is 16.5. The van der Waals surface area contributed by atoms with Gasteiger partial charge in [-0.05, 0) is 25.0 Å². The number of rotatable bonds is 4. The summed E-state index contributed by atoms with van der Waals surface area (Å²) in [6, 6.07) is 8.48. The van der Waals surface area contributed by atoms with E-state index in [1.165, 1.54) is 6.92 Å². The molecular weight excluding hydrogens is 226 g/mol. The number of ether oxygens (including phenoxy) is 1. The molecule has 0 amide bonds. The van der Waals surface area contributed by atoms with Gasteiger partial charge in [0.2, 0.25) is 0 Å². The van der Waals surface area contributed by atoms with Crippen LogP contribution in [0.5, 0.6) is 5.75 Å². The van der Waals surface area contributed by atoms with Crippen LogP contribution >= 0.6 is 0 Å². The number of benzene rings is 1. The van der Waals surface area contributed by atoms with Gasteiger partial charge >= 0.3 is 5.97 Å². The normalized spacial score (nSPS) is 11.1. The fraction of sp³-hybridized carbons (Fsp3) is 0.400. The van der Waals surface area contributed by atoms with Gasteiger partial charge < -0.3 is 9.30 Å². The lowest BCUT2D eigenvalue weighted by atomic mass is 10.1. The predicted molar refractivity (Wildman–Crippen MR) is 72.9 cm³/mol. The van der Waals surface area contributed by atoms with Crippen molar-refractivity contribution in [2.75, 3.05) is 0 Å². The second-order valence-electron chi connectivity index (χ2n) is 4.48. The summed E-state index contributed by atoms with van der Waals surface area (Å²) in [6.07, 6.45) is 4.08. The van der Waals surface area contributed by atoms with Crippen LogP contribution in [-0.4, -0.2) is 10.5 Å². The Labute approximate surface area is 107 Å². The van der Waals surface area contributed by atoms with Crippen LogP contribution in [0.25, 0.3) is 10.9 Å². The number of esters is 1. The molecule has 0 saturated heterocycles. The Morgan fingerprint density at radius 2 is 1.94 bits per heavy atom. The quantitative estimate of drug-likeness (QED) is 0.764. The number of hydrogen-bond acceptors (Lipinski definition) is 2. The van der Waals surface area contributed by atoms with Gasteiger partial charge in [0.05, 0.1) is 5.52 Å². The largest absolute Gasteiger partial charge is 0.424 e. The van der Waals surface area contributed by atoms with E-state index in [1.807, 2.05) is 24.4 Å². The van der Waals surface area contributed by atoms with Crippen LogP contribution in [0.4, 0.5) is 0 Å². The second kappa shape index (κ2) is 5.25. The maximum atomic E-state index is 11.1. The molecule has 2 rings (SSSR count). The van der Waals surface area contributed by atoms with E-state index in [1.54, 1.807) is 0 Å². The summed E-state index contributed by atoms with van der Waals surface area (Å²) in [4.78, 5) is 11.1. The number of hydrogen-bond donors (Lipinski definition) is 0. The molecule has 1 aromatic heterocycles. The number of para-hydroxylation sites is 1. The van der Waals surface area contributed by atoms with Gasteiger partial charge in [-0.3, -0.25) is 4.79 Å². The smallest absolute Gasteiger partial charge is 0.308 e. The molecule has 2 aromatic rings. The molecule has 0 spiro atoms. The maximum Gasteiger partial charge on any atom is 0.308 e. The monoisotopic (exact) mass is 245 g/mol. The molecule has 3 nitrogen and oxygen atoms in total. The van der Waals surface area contributed by atoms with E-state index in [9.17, 15) is 4.79 Å². The Balaban J connectivity index is 2.56. The number of nitrogens with zero attached hydrogens (tertiary/aromatic N) is 1. The average molecular weight is 245 g/mol. The first kappa shape index (κ1) is 12.7. The molecule has 0 atom stereocenters. The summed E-state index contributed by atoms with van der Waals surface area (Å²) in [5.74, 6) is 0.382. The molecule has 0 radical (unpaired) electrons. The molecule has 0 N–H and O–H groups in total. The maximum absolute atomic E-state index is 11.1. The van der Waals surface area contributed by atoms with Gasteiger partial charge in [-0.2, -0.15) is 0 Å². The molecule has 18 heavy (non-hydrogen) atoms. The molecule has 1 aromatic carbocycles. The van der Waals surface area contributed by atoms with Crippen molar-refractivity contribution in [3.05, 3.63) is 30.5 Å². The third kappa shape index (κ3) is 2.26. The van der Waals surface area contributed by atoms with Crippen LogP contribution in [0.15, 0.2) is 30.5 Å². The summed E-state index contributed by atoms with van der Waals surface area (Å²) in [7, 11) is 0. The molecule has 0 aliphatic carbocycles. The molecule has 1 heterocycles. The Hall–Kier alpha value is -1.77. The van der Waals surface area contributed by atoms with Gasteiger partial charge in [-0.15, -0.1) is 0 Å². The van der Waals surface area contributed by atoms with Crippen molar-refractivity contribution in [3.63, 3.8) is 0 Å². The van der Waals surface area contributed by atoms with E-state index >= 15 is 0 Å². The van der Waals surface area contributed by atoms with Gasteiger partial charge in [0.1, 0.15) is 0 Å². The topological polar surface area (TPSA) is 31.2 Å². The fourth-order valence-electron chi connectivity index (χ4n) is 2.39. The van der Waals surface area contributed by atoms with Crippen molar-refractivity contribution in [2.24, 2.45) is 0 Å². The lowest BCUT2D eigenvalue weighted by Gasteiger charge is -2.15. The fourth-order valence-corrected chi connectivity index (χ4v) is 2.39. The minimum atomic E-state index is -0.276. The van der Waals surface area contributed by atoms with E-state index in [0.717, 1.165) is 23.7 Å². The SMILES string of the molecule is CCC(CC)n1cc(OC(C)=O)c2ccccc21. The predicted octanol–water partition coefficient (Wildman–Crippen LogP) is 3.93. The van der Waals surface area contributed by atoms with Crippen molar-refractivity contribution >= 4 is 16.9 Å². The minimum absolute atomic E-state index is 0.276. The Bertz CT molecular complexity index is 553. The molecule has 0 aliphatic heterocycles. The standard InChI is InChI=1S/C15H19NO2/c1-4-12(5-2)16-10-15(18-11(3)17)13-8-6-7-9-14(13)16/h6-10,12H,4-5H2,1-3H3. The van der Waals surface area contributed by atoms with Crippen LogP contribution in [0.1, 0.15) is 39.7 Å². The molecular formula is C15H19NO2. The lowest BCUT2D eigenvalue weighted by Crippen LogP contribution is -2.05. The minimum Gasteiger partial charge on any atom is -0.424 e. The molecule has 0 fully saturated rings. The van der Waals surface area contributed by atoms with Crippen LogP contribution in [0.3, 0.4) is 0 Å². The zero-order valence-electron chi connectivity index (χ0n) is 11.1. The molecule has 96 valence electrons. The zero-order chi connectivity index (χ0) is 13.1. The third-order valence-corrected chi connectivity index (χ3v) is 3.29. The highest BCUT2D eigenvalue weighted by Gasteiger charge is 2.15. The van der Waals surface area contributed by atoms with Gasteiger partial charge in [0.25, 0.3) is 0 Å². The third-order valence-electron chi connectivity index (χ3n) is 3.29. The van der Waals surface area contributed by atoms with E-state index in [4.69, 9.17) is 4.74 Å². The second-order valence-corrected chi connectivity index (χ2v) is 4.48. The summed E-state index contributed by atoms with van der Waals surface area (Å²) < 4.78 is 7.50. The molecule has 0 bridgehead atoms.